The number of benzene rings is 1. The molecule has 6 heteroatoms. The Hall–Kier alpha value is -1.40. The summed E-state index contributed by atoms with van der Waals surface area (Å²) in [5, 5.41) is 12.2. The highest BCUT2D eigenvalue weighted by Crippen LogP contribution is 2.32. The molecule has 0 amide bonds. The molecule has 0 saturated carbocycles. The molecule has 0 heterocycles. The molecule has 0 saturated heterocycles. The van der Waals surface area contributed by atoms with Gasteiger partial charge in [0.15, 0.2) is 11.5 Å². The maximum Gasteiger partial charge on any atom is 0.387 e. The van der Waals surface area contributed by atoms with E-state index in [4.69, 9.17) is 9.84 Å². The Morgan fingerprint density at radius 2 is 2.11 bits per heavy atom. The second kappa shape index (κ2) is 7.91. The van der Waals surface area contributed by atoms with Gasteiger partial charge in [-0.3, -0.25) is 0 Å². The van der Waals surface area contributed by atoms with Crippen LogP contribution in [0, 0.1) is 0 Å². The summed E-state index contributed by atoms with van der Waals surface area (Å²) in [6.45, 7) is -0.672. The van der Waals surface area contributed by atoms with Crippen molar-refractivity contribution in [1.29, 1.82) is 0 Å². The summed E-state index contributed by atoms with van der Waals surface area (Å²) in [6.07, 6.45) is 0.742. The minimum atomic E-state index is -2.91. The quantitative estimate of drug-likeness (QED) is 0.763. The average Bonchev–Trinajstić information content (AvgIpc) is 2.40. The largest absolute Gasteiger partial charge is 0.493 e. The van der Waals surface area contributed by atoms with Crippen molar-refractivity contribution >= 4 is 0 Å². The van der Waals surface area contributed by atoms with Gasteiger partial charge in [-0.15, -0.1) is 0 Å². The van der Waals surface area contributed by atoms with Crippen LogP contribution in [-0.2, 0) is 6.54 Å². The number of aliphatic hydroxyl groups excluding tert-OH is 1. The number of rotatable bonds is 8. The van der Waals surface area contributed by atoms with Crippen LogP contribution in [0.3, 0.4) is 0 Å². The SMILES string of the molecule is CC[C@@H](CO)NCc1cccc(OC)c1OC(F)F. The molecule has 0 radical (unpaired) electrons. The molecule has 4 nitrogen and oxygen atoms in total. The maximum atomic E-state index is 12.4. The molecular formula is C13H19F2NO3. The predicted octanol–water partition coefficient (Wildman–Crippen LogP) is 2.16. The van der Waals surface area contributed by atoms with E-state index in [1.807, 2.05) is 6.92 Å². The van der Waals surface area contributed by atoms with Crippen LogP contribution in [-0.4, -0.2) is 31.5 Å². The van der Waals surface area contributed by atoms with Gasteiger partial charge in [0.1, 0.15) is 0 Å². The molecule has 1 aromatic rings. The van der Waals surface area contributed by atoms with Crippen LogP contribution in [0.5, 0.6) is 11.5 Å². The summed E-state index contributed by atoms with van der Waals surface area (Å²) in [7, 11) is 1.40. The first-order valence-electron chi connectivity index (χ1n) is 6.07. The molecule has 1 aromatic carbocycles. The van der Waals surface area contributed by atoms with Gasteiger partial charge >= 0.3 is 6.61 Å². The molecule has 2 N–H and O–H groups in total. The van der Waals surface area contributed by atoms with E-state index in [0.29, 0.717) is 12.1 Å². The van der Waals surface area contributed by atoms with Gasteiger partial charge in [0.05, 0.1) is 13.7 Å². The standard InChI is InChI=1S/C13H19F2NO3/c1-3-10(8-17)16-7-9-5-4-6-11(18-2)12(9)19-13(14)15/h4-6,10,13,16-17H,3,7-8H2,1-2H3/t10-/m0/s1. The minimum absolute atomic E-state index is 0.00843. The Morgan fingerprint density at radius 3 is 2.63 bits per heavy atom. The number of hydrogen-bond acceptors (Lipinski definition) is 4. The van der Waals surface area contributed by atoms with Crippen LogP contribution >= 0.6 is 0 Å². The highest BCUT2D eigenvalue weighted by Gasteiger charge is 2.15. The molecule has 0 aromatic heterocycles. The van der Waals surface area contributed by atoms with Crippen molar-refractivity contribution < 1.29 is 23.4 Å². The Kier molecular flexibility index (Phi) is 6.52. The lowest BCUT2D eigenvalue weighted by atomic mass is 10.1. The third-order valence-electron chi connectivity index (χ3n) is 2.78. The number of aliphatic hydroxyl groups is 1. The summed E-state index contributed by atoms with van der Waals surface area (Å²) >= 11 is 0. The van der Waals surface area contributed by atoms with Crippen LogP contribution in [0.15, 0.2) is 18.2 Å². The van der Waals surface area contributed by atoms with Gasteiger partial charge < -0.3 is 19.9 Å². The first-order chi connectivity index (χ1) is 9.12. The molecule has 0 unspecified atom stereocenters. The fourth-order valence-corrected chi connectivity index (χ4v) is 1.68. The molecule has 0 fully saturated rings. The van der Waals surface area contributed by atoms with Crippen LogP contribution < -0.4 is 14.8 Å². The van der Waals surface area contributed by atoms with Crippen LogP contribution in [0.2, 0.25) is 0 Å². The van der Waals surface area contributed by atoms with E-state index < -0.39 is 6.61 Å². The number of para-hydroxylation sites is 1. The summed E-state index contributed by atoms with van der Waals surface area (Å²) < 4.78 is 34.3. The third kappa shape index (κ3) is 4.65. The molecule has 0 bridgehead atoms. The molecule has 19 heavy (non-hydrogen) atoms. The zero-order valence-electron chi connectivity index (χ0n) is 11.0. The van der Waals surface area contributed by atoms with E-state index in [1.54, 1.807) is 18.2 Å². The second-order valence-electron chi connectivity index (χ2n) is 4.00. The Morgan fingerprint density at radius 1 is 1.37 bits per heavy atom. The van der Waals surface area contributed by atoms with E-state index >= 15 is 0 Å². The van der Waals surface area contributed by atoms with E-state index in [1.165, 1.54) is 7.11 Å². The first kappa shape index (κ1) is 15.7. The van der Waals surface area contributed by atoms with Gasteiger partial charge in [0.25, 0.3) is 0 Å². The van der Waals surface area contributed by atoms with Gasteiger partial charge in [0.2, 0.25) is 0 Å². The average molecular weight is 275 g/mol. The lowest BCUT2D eigenvalue weighted by Crippen LogP contribution is -2.31. The highest BCUT2D eigenvalue weighted by atomic mass is 19.3. The fraction of sp³-hybridized carbons (Fsp3) is 0.538. The van der Waals surface area contributed by atoms with Gasteiger partial charge in [0, 0.05) is 18.2 Å². The van der Waals surface area contributed by atoms with Crippen molar-refractivity contribution in [2.45, 2.75) is 32.5 Å². The Labute approximate surface area is 111 Å². The summed E-state index contributed by atoms with van der Waals surface area (Å²) in [4.78, 5) is 0. The number of hydrogen-bond donors (Lipinski definition) is 2. The molecule has 1 atom stereocenters. The molecule has 0 aliphatic carbocycles. The van der Waals surface area contributed by atoms with Crippen molar-refractivity contribution in [2.24, 2.45) is 0 Å². The summed E-state index contributed by atoms with van der Waals surface area (Å²) in [5.41, 5.74) is 0.562. The molecule has 0 aliphatic rings. The number of methoxy groups -OCH3 is 1. The normalized spacial score (nSPS) is 12.5. The number of halogens is 2. The van der Waals surface area contributed by atoms with E-state index in [-0.39, 0.29) is 24.1 Å². The van der Waals surface area contributed by atoms with Crippen LogP contribution in [0.25, 0.3) is 0 Å². The lowest BCUT2D eigenvalue weighted by molar-refractivity contribution is -0.0519. The maximum absolute atomic E-state index is 12.4. The van der Waals surface area contributed by atoms with Crippen molar-refractivity contribution in [1.82, 2.24) is 5.32 Å². The van der Waals surface area contributed by atoms with Crippen LogP contribution in [0.4, 0.5) is 8.78 Å². The van der Waals surface area contributed by atoms with Gasteiger partial charge in [-0.25, -0.2) is 0 Å². The molecule has 108 valence electrons. The van der Waals surface area contributed by atoms with Gasteiger partial charge in [-0.05, 0) is 12.5 Å². The molecular weight excluding hydrogens is 256 g/mol. The van der Waals surface area contributed by atoms with Gasteiger partial charge in [-0.2, -0.15) is 8.78 Å². The van der Waals surface area contributed by atoms with E-state index in [2.05, 4.69) is 10.1 Å². The fourth-order valence-electron chi connectivity index (χ4n) is 1.68. The third-order valence-corrected chi connectivity index (χ3v) is 2.78. The first-order valence-corrected chi connectivity index (χ1v) is 6.07. The topological polar surface area (TPSA) is 50.7 Å². The second-order valence-corrected chi connectivity index (χ2v) is 4.00. The van der Waals surface area contributed by atoms with Crippen molar-refractivity contribution in [3.05, 3.63) is 23.8 Å². The lowest BCUT2D eigenvalue weighted by Gasteiger charge is -2.17. The smallest absolute Gasteiger partial charge is 0.387 e. The summed E-state index contributed by atoms with van der Waals surface area (Å²) in [5.74, 6) is 0.289. The number of nitrogens with one attached hydrogen (secondary N) is 1. The van der Waals surface area contributed by atoms with Crippen molar-refractivity contribution in [3.8, 4) is 11.5 Å². The Bertz CT molecular complexity index is 384. The van der Waals surface area contributed by atoms with Crippen LogP contribution in [0.1, 0.15) is 18.9 Å². The van der Waals surface area contributed by atoms with Gasteiger partial charge in [-0.1, -0.05) is 19.1 Å². The minimum Gasteiger partial charge on any atom is -0.493 e. The number of alkyl halides is 2. The molecule has 0 spiro atoms. The predicted molar refractivity (Wildman–Crippen MR) is 67.6 cm³/mol. The molecule has 1 rings (SSSR count). The van der Waals surface area contributed by atoms with E-state index in [9.17, 15) is 8.78 Å². The summed E-state index contributed by atoms with van der Waals surface area (Å²) in [6, 6.07) is 4.86. The number of ether oxygens (including phenoxy) is 2. The van der Waals surface area contributed by atoms with Crippen molar-refractivity contribution in [2.75, 3.05) is 13.7 Å². The molecule has 0 aliphatic heterocycles. The monoisotopic (exact) mass is 275 g/mol. The van der Waals surface area contributed by atoms with Crippen molar-refractivity contribution in [3.63, 3.8) is 0 Å². The highest BCUT2D eigenvalue weighted by molar-refractivity contribution is 5.46. The Balaban J connectivity index is 2.86. The zero-order chi connectivity index (χ0) is 14.3. The zero-order valence-corrected chi connectivity index (χ0v) is 11.0. The van der Waals surface area contributed by atoms with E-state index in [0.717, 1.165) is 6.42 Å².